The van der Waals surface area contributed by atoms with E-state index < -0.39 is 12.1 Å². The van der Waals surface area contributed by atoms with Crippen LogP contribution in [-0.2, 0) is 4.74 Å². The minimum Gasteiger partial charge on any atom is -0.497 e. The van der Waals surface area contributed by atoms with Gasteiger partial charge in [0.2, 0.25) is 5.78 Å². The molecule has 6 nitrogen and oxygen atoms in total. The molecule has 1 atom stereocenters. The van der Waals surface area contributed by atoms with E-state index in [9.17, 15) is 9.59 Å². The highest BCUT2D eigenvalue weighted by Gasteiger charge is 2.22. The van der Waals surface area contributed by atoms with Crippen molar-refractivity contribution < 1.29 is 23.8 Å². The Hall–Kier alpha value is -3.19. The van der Waals surface area contributed by atoms with Crippen LogP contribution in [0.15, 0.2) is 53.9 Å². The molecule has 144 valence electrons. The third-order valence-electron chi connectivity index (χ3n) is 4.08. The fraction of sp³-hybridized carbons (Fsp3) is 0.190. The normalized spacial score (nSPS) is 11.5. The van der Waals surface area contributed by atoms with Crippen LogP contribution in [0.5, 0.6) is 11.5 Å². The van der Waals surface area contributed by atoms with Crippen molar-refractivity contribution in [1.29, 1.82) is 0 Å². The maximum Gasteiger partial charge on any atom is 0.358 e. The minimum absolute atomic E-state index is 0.171. The number of ether oxygens (including phenoxy) is 3. The van der Waals surface area contributed by atoms with Crippen molar-refractivity contribution in [3.8, 4) is 22.1 Å². The third kappa shape index (κ3) is 4.37. The zero-order chi connectivity index (χ0) is 20.1. The Bertz CT molecular complexity index is 963. The second kappa shape index (κ2) is 8.67. The molecular formula is C21H19NO5S. The van der Waals surface area contributed by atoms with Gasteiger partial charge >= 0.3 is 5.97 Å². The Morgan fingerprint density at radius 2 is 1.50 bits per heavy atom. The summed E-state index contributed by atoms with van der Waals surface area (Å²) in [6.45, 7) is 1.54. The molecule has 3 rings (SSSR count). The highest BCUT2D eigenvalue weighted by molar-refractivity contribution is 7.13. The van der Waals surface area contributed by atoms with Crippen molar-refractivity contribution >= 4 is 23.1 Å². The fourth-order valence-electron chi connectivity index (χ4n) is 2.50. The summed E-state index contributed by atoms with van der Waals surface area (Å²) in [5, 5.41) is 2.30. The molecule has 0 saturated heterocycles. The number of hydrogen-bond donors (Lipinski definition) is 0. The van der Waals surface area contributed by atoms with Gasteiger partial charge in [0.05, 0.1) is 14.2 Å². The summed E-state index contributed by atoms with van der Waals surface area (Å²) in [5.41, 5.74) is 1.48. The molecule has 3 aromatic rings. The van der Waals surface area contributed by atoms with Crippen LogP contribution in [-0.4, -0.2) is 37.1 Å². The zero-order valence-corrected chi connectivity index (χ0v) is 16.5. The molecule has 0 amide bonds. The van der Waals surface area contributed by atoms with Crippen LogP contribution < -0.4 is 9.47 Å². The first-order chi connectivity index (χ1) is 13.5. The third-order valence-corrected chi connectivity index (χ3v) is 4.97. The van der Waals surface area contributed by atoms with Gasteiger partial charge in [0.25, 0.3) is 0 Å². The second-order valence-electron chi connectivity index (χ2n) is 5.91. The predicted molar refractivity (Wildman–Crippen MR) is 106 cm³/mol. The van der Waals surface area contributed by atoms with Gasteiger partial charge in [0, 0.05) is 16.5 Å². The van der Waals surface area contributed by atoms with Crippen LogP contribution in [0.1, 0.15) is 27.8 Å². The van der Waals surface area contributed by atoms with E-state index in [1.54, 1.807) is 50.8 Å². The Morgan fingerprint density at radius 1 is 0.929 bits per heavy atom. The van der Waals surface area contributed by atoms with Gasteiger partial charge in [-0.1, -0.05) is 0 Å². The lowest BCUT2D eigenvalue weighted by Crippen LogP contribution is -2.24. The van der Waals surface area contributed by atoms with Gasteiger partial charge in [-0.2, -0.15) is 0 Å². The molecule has 7 heteroatoms. The maximum absolute atomic E-state index is 12.5. The van der Waals surface area contributed by atoms with Gasteiger partial charge < -0.3 is 14.2 Å². The largest absolute Gasteiger partial charge is 0.497 e. The average Bonchev–Trinajstić information content (AvgIpc) is 3.23. The van der Waals surface area contributed by atoms with Gasteiger partial charge in [0.1, 0.15) is 16.5 Å². The molecule has 0 bridgehead atoms. The van der Waals surface area contributed by atoms with Crippen LogP contribution in [0.25, 0.3) is 10.6 Å². The summed E-state index contributed by atoms with van der Waals surface area (Å²) in [6.07, 6.45) is -0.924. The van der Waals surface area contributed by atoms with E-state index in [1.807, 2.05) is 24.3 Å². The number of rotatable bonds is 7. The molecule has 0 radical (unpaired) electrons. The van der Waals surface area contributed by atoms with E-state index >= 15 is 0 Å². The molecule has 0 unspecified atom stereocenters. The molecule has 1 heterocycles. The quantitative estimate of drug-likeness (QED) is 0.438. The predicted octanol–water partition coefficient (Wildman–Crippen LogP) is 4.26. The first-order valence-electron chi connectivity index (χ1n) is 8.51. The highest BCUT2D eigenvalue weighted by atomic mass is 32.1. The van der Waals surface area contributed by atoms with Crippen LogP contribution >= 0.6 is 11.3 Å². The lowest BCUT2D eigenvalue weighted by Gasteiger charge is -2.11. The minimum atomic E-state index is -0.924. The summed E-state index contributed by atoms with van der Waals surface area (Å²) >= 11 is 1.33. The van der Waals surface area contributed by atoms with Crippen LogP contribution in [0.2, 0.25) is 0 Å². The SMILES string of the molecule is COc1ccc(C(=O)[C@@H](C)OC(=O)c2csc(-c3ccc(OC)cc3)n2)cc1. The monoisotopic (exact) mass is 397 g/mol. The topological polar surface area (TPSA) is 74.7 Å². The van der Waals surface area contributed by atoms with Crippen LogP contribution in [0.3, 0.4) is 0 Å². The Balaban J connectivity index is 1.66. The second-order valence-corrected chi connectivity index (χ2v) is 6.76. The molecule has 2 aromatic carbocycles. The van der Waals surface area contributed by atoms with Crippen molar-refractivity contribution in [1.82, 2.24) is 4.98 Å². The van der Waals surface area contributed by atoms with Gasteiger partial charge in [-0.25, -0.2) is 9.78 Å². The first-order valence-corrected chi connectivity index (χ1v) is 9.39. The Labute approximate surface area is 166 Å². The number of benzene rings is 2. The molecule has 0 aliphatic heterocycles. The van der Waals surface area contributed by atoms with Crippen LogP contribution in [0, 0.1) is 0 Å². The van der Waals surface area contributed by atoms with Gasteiger partial charge in [-0.15, -0.1) is 11.3 Å². The maximum atomic E-state index is 12.5. The van der Waals surface area contributed by atoms with E-state index in [0.717, 1.165) is 11.3 Å². The van der Waals surface area contributed by atoms with E-state index in [2.05, 4.69) is 4.98 Å². The summed E-state index contributed by atoms with van der Waals surface area (Å²) in [6, 6.07) is 14.0. The lowest BCUT2D eigenvalue weighted by molar-refractivity contribution is 0.0314. The molecule has 1 aromatic heterocycles. The summed E-state index contributed by atoms with van der Waals surface area (Å²) < 4.78 is 15.5. The molecule has 0 spiro atoms. The van der Waals surface area contributed by atoms with E-state index in [0.29, 0.717) is 16.3 Å². The Morgan fingerprint density at radius 3 is 2.07 bits per heavy atom. The summed E-state index contributed by atoms with van der Waals surface area (Å²) in [5.74, 6) is 0.465. The number of carbonyl (C=O) groups is 2. The van der Waals surface area contributed by atoms with Crippen molar-refractivity contribution in [2.75, 3.05) is 14.2 Å². The number of Topliss-reactive ketones (excluding diaryl/α,β-unsaturated/α-hetero) is 1. The molecule has 0 N–H and O–H groups in total. The number of nitrogens with zero attached hydrogens (tertiary/aromatic N) is 1. The number of esters is 1. The molecule has 0 aliphatic carbocycles. The standard InChI is InChI=1S/C21H19NO5S/c1-13(19(23)14-4-8-16(25-2)9-5-14)27-21(24)18-12-28-20(22-18)15-6-10-17(26-3)11-7-15/h4-13H,1-3H3/t13-/m1/s1. The first kappa shape index (κ1) is 19.6. The van der Waals surface area contributed by atoms with E-state index in [-0.39, 0.29) is 11.5 Å². The molecule has 0 saturated carbocycles. The van der Waals surface area contributed by atoms with E-state index in [1.165, 1.54) is 11.3 Å². The fourth-order valence-corrected chi connectivity index (χ4v) is 3.29. The van der Waals surface area contributed by atoms with Gasteiger partial charge in [-0.3, -0.25) is 4.79 Å². The van der Waals surface area contributed by atoms with Crippen molar-refractivity contribution in [3.05, 3.63) is 65.2 Å². The van der Waals surface area contributed by atoms with E-state index in [4.69, 9.17) is 14.2 Å². The highest BCUT2D eigenvalue weighted by Crippen LogP contribution is 2.26. The summed E-state index contributed by atoms with van der Waals surface area (Å²) in [4.78, 5) is 29.1. The zero-order valence-electron chi connectivity index (χ0n) is 15.7. The Kier molecular flexibility index (Phi) is 6.06. The van der Waals surface area contributed by atoms with Crippen molar-refractivity contribution in [2.24, 2.45) is 0 Å². The number of aromatic nitrogens is 1. The number of methoxy groups -OCH3 is 2. The van der Waals surface area contributed by atoms with Crippen molar-refractivity contribution in [3.63, 3.8) is 0 Å². The van der Waals surface area contributed by atoms with Gasteiger partial charge in [-0.05, 0) is 55.5 Å². The molecule has 0 fully saturated rings. The lowest BCUT2D eigenvalue weighted by atomic mass is 10.1. The smallest absolute Gasteiger partial charge is 0.358 e. The molecule has 28 heavy (non-hydrogen) atoms. The molecular weight excluding hydrogens is 378 g/mol. The summed E-state index contributed by atoms with van der Waals surface area (Å²) in [7, 11) is 3.15. The van der Waals surface area contributed by atoms with Crippen LogP contribution in [0.4, 0.5) is 0 Å². The number of thiazole rings is 1. The van der Waals surface area contributed by atoms with Gasteiger partial charge in [0.15, 0.2) is 11.8 Å². The molecule has 0 aliphatic rings. The number of ketones is 1. The van der Waals surface area contributed by atoms with Crippen molar-refractivity contribution in [2.45, 2.75) is 13.0 Å². The average molecular weight is 397 g/mol. The number of hydrogen-bond acceptors (Lipinski definition) is 7. The number of carbonyl (C=O) groups excluding carboxylic acids is 2.